The molecule has 0 bridgehead atoms. The Kier molecular flexibility index (Phi) is 6.66. The van der Waals surface area contributed by atoms with Gasteiger partial charge in [0.1, 0.15) is 5.54 Å². The second-order valence-corrected chi connectivity index (χ2v) is 9.08. The van der Waals surface area contributed by atoms with Gasteiger partial charge in [-0.2, -0.15) is 5.01 Å². The van der Waals surface area contributed by atoms with Gasteiger partial charge < -0.3 is 10.2 Å². The molecule has 3 aliphatic rings. The zero-order valence-electron chi connectivity index (χ0n) is 17.9. The number of amides is 5. The molecule has 2 aliphatic heterocycles. The maximum Gasteiger partial charge on any atom is 0.344 e. The number of carbonyl (C=O) groups excluding carboxylic acids is 4. The van der Waals surface area contributed by atoms with Crippen molar-refractivity contribution in [2.75, 3.05) is 32.7 Å². The number of hydrogen-bond donors (Lipinski definition) is 2. The second kappa shape index (κ2) is 9.46. The first kappa shape index (κ1) is 22.5. The molecule has 1 aromatic rings. The van der Waals surface area contributed by atoms with Crippen molar-refractivity contribution in [3.63, 3.8) is 0 Å². The van der Waals surface area contributed by atoms with Crippen molar-refractivity contribution in [1.82, 2.24) is 25.6 Å². The molecule has 1 aliphatic carbocycles. The molecule has 3 fully saturated rings. The summed E-state index contributed by atoms with van der Waals surface area (Å²) in [5.74, 6) is -0.790. The van der Waals surface area contributed by atoms with Crippen molar-refractivity contribution < 1.29 is 19.2 Å². The molecule has 4 rings (SSSR count). The van der Waals surface area contributed by atoms with Crippen LogP contribution in [-0.2, 0) is 20.8 Å². The van der Waals surface area contributed by atoms with Crippen molar-refractivity contribution in [2.24, 2.45) is 0 Å². The van der Waals surface area contributed by atoms with E-state index in [0.717, 1.165) is 29.8 Å². The molecule has 5 amide bonds. The molecule has 0 unspecified atom stereocenters. The number of nitrogens with one attached hydrogen (secondary N) is 2. The van der Waals surface area contributed by atoms with E-state index in [1.165, 1.54) is 0 Å². The quantitative estimate of drug-likeness (QED) is 0.644. The minimum Gasteiger partial charge on any atom is -0.340 e. The van der Waals surface area contributed by atoms with Gasteiger partial charge in [0.15, 0.2) is 0 Å². The van der Waals surface area contributed by atoms with Crippen LogP contribution in [0, 0.1) is 0 Å². The maximum atomic E-state index is 12.8. The first-order valence-corrected chi connectivity index (χ1v) is 11.5. The monoisotopic (exact) mass is 461 g/mol. The molecule has 9 nitrogen and oxygen atoms in total. The van der Waals surface area contributed by atoms with Gasteiger partial charge in [0.05, 0.1) is 13.0 Å². The van der Waals surface area contributed by atoms with E-state index in [4.69, 9.17) is 11.6 Å². The summed E-state index contributed by atoms with van der Waals surface area (Å²) in [6.45, 7) is 2.12. The van der Waals surface area contributed by atoms with E-state index in [2.05, 4.69) is 10.7 Å². The summed E-state index contributed by atoms with van der Waals surface area (Å²) < 4.78 is 0. The van der Waals surface area contributed by atoms with E-state index in [0.29, 0.717) is 44.0 Å². The molecule has 10 heteroatoms. The molecular formula is C22H28ClN5O4. The molecule has 0 aromatic heterocycles. The van der Waals surface area contributed by atoms with Crippen molar-refractivity contribution >= 4 is 35.4 Å². The van der Waals surface area contributed by atoms with Crippen LogP contribution in [0.15, 0.2) is 24.3 Å². The van der Waals surface area contributed by atoms with Crippen LogP contribution in [0.5, 0.6) is 0 Å². The number of carbonyl (C=O) groups is 4. The van der Waals surface area contributed by atoms with Crippen molar-refractivity contribution in [1.29, 1.82) is 0 Å². The van der Waals surface area contributed by atoms with E-state index in [1.54, 1.807) is 11.0 Å². The third-order valence-corrected chi connectivity index (χ3v) is 6.87. The molecule has 0 radical (unpaired) electrons. The largest absolute Gasteiger partial charge is 0.344 e. The molecule has 2 heterocycles. The summed E-state index contributed by atoms with van der Waals surface area (Å²) in [6.07, 6.45) is 4.26. The second-order valence-electron chi connectivity index (χ2n) is 8.67. The highest BCUT2D eigenvalue weighted by atomic mass is 35.5. The van der Waals surface area contributed by atoms with Crippen LogP contribution in [-0.4, -0.2) is 76.8 Å². The van der Waals surface area contributed by atoms with Crippen LogP contribution < -0.4 is 10.7 Å². The van der Waals surface area contributed by atoms with Gasteiger partial charge in [-0.15, -0.1) is 0 Å². The Balaban J connectivity index is 1.24. The summed E-state index contributed by atoms with van der Waals surface area (Å²) in [7, 11) is 0. The predicted octanol–water partition coefficient (Wildman–Crippen LogP) is 1.31. The molecule has 1 aromatic carbocycles. The van der Waals surface area contributed by atoms with Gasteiger partial charge in [0, 0.05) is 31.2 Å². The highest BCUT2D eigenvalue weighted by molar-refractivity contribution is 6.31. The molecule has 2 N–H and O–H groups in total. The van der Waals surface area contributed by atoms with Gasteiger partial charge in [-0.25, -0.2) is 4.79 Å². The van der Waals surface area contributed by atoms with E-state index in [-0.39, 0.29) is 24.8 Å². The molecule has 1 spiro atoms. The highest BCUT2D eigenvalue weighted by Gasteiger charge is 2.52. The van der Waals surface area contributed by atoms with Gasteiger partial charge in [0.25, 0.3) is 11.8 Å². The van der Waals surface area contributed by atoms with Gasteiger partial charge in [-0.1, -0.05) is 49.1 Å². The lowest BCUT2D eigenvalue weighted by Gasteiger charge is -2.34. The third-order valence-electron chi connectivity index (χ3n) is 6.50. The molecule has 2 saturated heterocycles. The van der Waals surface area contributed by atoms with Gasteiger partial charge in [-0.05, 0) is 24.5 Å². The average molecular weight is 462 g/mol. The summed E-state index contributed by atoms with van der Waals surface area (Å²) >= 11 is 6.15. The van der Waals surface area contributed by atoms with Gasteiger partial charge in [0.2, 0.25) is 5.91 Å². The third kappa shape index (κ3) is 4.73. The summed E-state index contributed by atoms with van der Waals surface area (Å²) in [5.41, 5.74) is 2.40. The van der Waals surface area contributed by atoms with Gasteiger partial charge >= 0.3 is 6.03 Å². The van der Waals surface area contributed by atoms with Crippen molar-refractivity contribution in [3.05, 3.63) is 34.9 Å². The smallest absolute Gasteiger partial charge is 0.340 e. The SMILES string of the molecule is O=C(CN1CCN(C(=O)Cc2ccccc2Cl)CC1)NN1C(=O)NC2(CCCCC2)C1=O. The maximum absolute atomic E-state index is 12.8. The van der Waals surface area contributed by atoms with E-state index in [1.807, 2.05) is 23.1 Å². The van der Waals surface area contributed by atoms with Gasteiger partial charge in [-0.3, -0.25) is 24.7 Å². The highest BCUT2D eigenvalue weighted by Crippen LogP contribution is 2.33. The molecular weight excluding hydrogens is 434 g/mol. The van der Waals surface area contributed by atoms with Crippen LogP contribution >= 0.6 is 11.6 Å². The fourth-order valence-electron chi connectivity index (χ4n) is 4.65. The van der Waals surface area contributed by atoms with E-state index >= 15 is 0 Å². The zero-order valence-corrected chi connectivity index (χ0v) is 18.7. The summed E-state index contributed by atoms with van der Waals surface area (Å²) in [6, 6.07) is 6.72. The van der Waals surface area contributed by atoms with E-state index < -0.39 is 17.5 Å². The fraction of sp³-hybridized carbons (Fsp3) is 0.545. The molecule has 32 heavy (non-hydrogen) atoms. The van der Waals surface area contributed by atoms with Crippen LogP contribution in [0.3, 0.4) is 0 Å². The first-order chi connectivity index (χ1) is 15.4. The number of halogens is 1. The minimum absolute atomic E-state index is 0.000633. The Bertz CT molecular complexity index is 909. The number of piperazine rings is 1. The number of rotatable bonds is 5. The lowest BCUT2D eigenvalue weighted by Crippen LogP contribution is -2.55. The van der Waals surface area contributed by atoms with Crippen molar-refractivity contribution in [3.8, 4) is 0 Å². The fourth-order valence-corrected chi connectivity index (χ4v) is 4.85. The lowest BCUT2D eigenvalue weighted by molar-refractivity contribution is -0.140. The Labute approximate surface area is 192 Å². The van der Waals surface area contributed by atoms with Crippen LogP contribution in [0.25, 0.3) is 0 Å². The normalized spacial score (nSPS) is 21.0. The summed E-state index contributed by atoms with van der Waals surface area (Å²) in [5, 5.41) is 4.18. The Morgan fingerprint density at radius 3 is 2.41 bits per heavy atom. The number of nitrogens with zero attached hydrogens (tertiary/aromatic N) is 3. The van der Waals surface area contributed by atoms with Crippen LogP contribution in [0.4, 0.5) is 4.79 Å². The zero-order chi connectivity index (χ0) is 22.7. The average Bonchev–Trinajstić information content (AvgIpc) is 3.00. The predicted molar refractivity (Wildman–Crippen MR) is 118 cm³/mol. The molecule has 1 saturated carbocycles. The number of benzene rings is 1. The Morgan fingerprint density at radius 1 is 1.03 bits per heavy atom. The Hall–Kier alpha value is -2.65. The summed E-state index contributed by atoms with van der Waals surface area (Å²) in [4.78, 5) is 53.8. The lowest BCUT2D eigenvalue weighted by atomic mass is 9.82. The first-order valence-electron chi connectivity index (χ1n) is 11.1. The van der Waals surface area contributed by atoms with Crippen LogP contribution in [0.1, 0.15) is 37.7 Å². The number of imide groups is 1. The molecule has 172 valence electrons. The van der Waals surface area contributed by atoms with E-state index in [9.17, 15) is 19.2 Å². The Morgan fingerprint density at radius 2 is 1.72 bits per heavy atom. The molecule has 0 atom stereocenters. The van der Waals surface area contributed by atoms with Crippen LogP contribution in [0.2, 0.25) is 5.02 Å². The number of urea groups is 1. The topological polar surface area (TPSA) is 102 Å². The van der Waals surface area contributed by atoms with Crippen molar-refractivity contribution in [2.45, 2.75) is 44.1 Å². The number of hydrazine groups is 1. The minimum atomic E-state index is -0.865. The standard InChI is InChI=1S/C22H28ClN5O4/c23-17-7-3-2-6-16(17)14-19(30)27-12-10-26(11-13-27)15-18(29)25-28-20(31)22(24-21(28)32)8-4-1-5-9-22/h2-3,6-7H,1,4-5,8-15H2,(H,24,32)(H,25,29). The number of hydrogen-bond acceptors (Lipinski definition) is 5.